The smallest absolute Gasteiger partial charge is 0.156 e. The molecule has 120 valence electrons. The highest BCUT2D eigenvalue weighted by Crippen LogP contribution is 2.08. The van der Waals surface area contributed by atoms with Crippen molar-refractivity contribution in [2.24, 2.45) is 0 Å². The monoisotopic (exact) mass is 322 g/mol. The van der Waals surface area contributed by atoms with Gasteiger partial charge in [-0.25, -0.2) is 8.42 Å². The maximum absolute atomic E-state index is 11.6. The van der Waals surface area contributed by atoms with E-state index in [1.54, 1.807) is 4.90 Å². The number of hydrogen-bond donors (Lipinski definition) is 2. The first-order chi connectivity index (χ1) is 10.6. The summed E-state index contributed by atoms with van der Waals surface area (Å²) in [5.41, 5.74) is 1.25. The summed E-state index contributed by atoms with van der Waals surface area (Å²) in [5, 5.41) is 0. The predicted molar refractivity (Wildman–Crippen MR) is 88.8 cm³/mol. The van der Waals surface area contributed by atoms with Crippen LogP contribution in [-0.4, -0.2) is 58.7 Å². The van der Waals surface area contributed by atoms with Crippen molar-refractivity contribution >= 4 is 15.9 Å². The van der Waals surface area contributed by atoms with Crippen LogP contribution in [0.15, 0.2) is 36.4 Å². The summed E-state index contributed by atoms with van der Waals surface area (Å²) in [6.45, 7) is 5.56. The largest absolute Gasteiger partial charge is 0.322 e. The fourth-order valence-electron chi connectivity index (χ4n) is 3.58. The van der Waals surface area contributed by atoms with Crippen molar-refractivity contribution in [3.8, 4) is 0 Å². The van der Waals surface area contributed by atoms with Gasteiger partial charge in [-0.3, -0.25) is 0 Å². The summed E-state index contributed by atoms with van der Waals surface area (Å²) in [5.74, 6) is 0.809. The molecule has 2 saturated heterocycles. The number of rotatable bonds is 4. The molecule has 0 amide bonds. The number of sulfone groups is 1. The molecule has 1 atom stereocenters. The molecule has 0 radical (unpaired) electrons. The van der Waals surface area contributed by atoms with Crippen molar-refractivity contribution in [2.45, 2.75) is 12.5 Å². The van der Waals surface area contributed by atoms with Crippen LogP contribution in [0.5, 0.6) is 0 Å². The molecule has 2 fully saturated rings. The predicted octanol–water partition coefficient (Wildman–Crippen LogP) is -1.33. The Kier molecular flexibility index (Phi) is 4.96. The minimum absolute atomic E-state index is 0.353. The van der Waals surface area contributed by atoms with Gasteiger partial charge in [0.15, 0.2) is 9.84 Å². The Hall–Kier alpha value is -1.17. The average molecular weight is 322 g/mol. The zero-order valence-corrected chi connectivity index (χ0v) is 13.8. The molecule has 2 N–H and O–H groups in total. The molecule has 5 heteroatoms. The Morgan fingerprint density at radius 1 is 1.09 bits per heavy atom. The number of hydrogen-bond acceptors (Lipinski definition) is 2. The van der Waals surface area contributed by atoms with Crippen molar-refractivity contribution in [3.05, 3.63) is 42.0 Å². The second-order valence-electron chi connectivity index (χ2n) is 6.53. The van der Waals surface area contributed by atoms with E-state index in [0.717, 1.165) is 39.1 Å². The lowest BCUT2D eigenvalue weighted by Gasteiger charge is -2.32. The highest BCUT2D eigenvalue weighted by Gasteiger charge is 2.37. The third-order valence-corrected chi connectivity index (χ3v) is 6.69. The van der Waals surface area contributed by atoms with Crippen LogP contribution in [0.25, 0.3) is 6.08 Å². The van der Waals surface area contributed by atoms with Crippen LogP contribution in [0, 0.1) is 0 Å². The molecule has 2 aliphatic heterocycles. The molecule has 0 unspecified atom stereocenters. The number of nitrogens with one attached hydrogen (secondary N) is 2. The zero-order chi connectivity index (χ0) is 15.4. The quantitative estimate of drug-likeness (QED) is 0.721. The summed E-state index contributed by atoms with van der Waals surface area (Å²) in [6.07, 6.45) is 5.31. The second-order valence-corrected chi connectivity index (χ2v) is 8.75. The first kappa shape index (κ1) is 15.7. The lowest BCUT2D eigenvalue weighted by atomic mass is 10.2. The zero-order valence-electron chi connectivity index (χ0n) is 13.0. The van der Waals surface area contributed by atoms with Crippen molar-refractivity contribution in [1.82, 2.24) is 0 Å². The van der Waals surface area contributed by atoms with Crippen LogP contribution < -0.4 is 9.80 Å². The fourth-order valence-corrected chi connectivity index (χ4v) is 5.41. The van der Waals surface area contributed by atoms with Crippen LogP contribution in [-0.2, 0) is 9.84 Å². The fraction of sp³-hybridized carbons (Fsp3) is 0.529. The Labute approximate surface area is 133 Å². The van der Waals surface area contributed by atoms with Crippen LogP contribution in [0.1, 0.15) is 12.0 Å². The third kappa shape index (κ3) is 4.18. The van der Waals surface area contributed by atoms with Gasteiger partial charge < -0.3 is 9.80 Å². The van der Waals surface area contributed by atoms with Gasteiger partial charge >= 0.3 is 0 Å². The average Bonchev–Trinajstić information content (AvgIpc) is 2.89. The molecule has 0 aromatic heterocycles. The van der Waals surface area contributed by atoms with E-state index < -0.39 is 9.84 Å². The minimum Gasteiger partial charge on any atom is -0.322 e. The van der Waals surface area contributed by atoms with E-state index in [2.05, 4.69) is 36.4 Å². The Morgan fingerprint density at radius 3 is 2.45 bits per heavy atom. The SMILES string of the molecule is O=S1(=O)CC[C@H]([NH+]2CC[NH+](C/C=C/c3ccccc3)CC2)C1. The van der Waals surface area contributed by atoms with Gasteiger partial charge in [0.25, 0.3) is 0 Å². The molecule has 2 aliphatic rings. The van der Waals surface area contributed by atoms with Gasteiger partial charge in [0.05, 0.1) is 12.3 Å². The molecule has 3 rings (SSSR count). The molecule has 0 saturated carbocycles. The van der Waals surface area contributed by atoms with Crippen LogP contribution >= 0.6 is 0 Å². The highest BCUT2D eigenvalue weighted by molar-refractivity contribution is 7.91. The molecule has 22 heavy (non-hydrogen) atoms. The molecule has 1 aromatic rings. The van der Waals surface area contributed by atoms with E-state index in [9.17, 15) is 8.42 Å². The van der Waals surface area contributed by atoms with Crippen LogP contribution in [0.2, 0.25) is 0 Å². The topological polar surface area (TPSA) is 43.0 Å². The third-order valence-electron chi connectivity index (χ3n) is 4.93. The van der Waals surface area contributed by atoms with Crippen molar-refractivity contribution in [2.75, 3.05) is 44.2 Å². The van der Waals surface area contributed by atoms with E-state index in [1.165, 1.54) is 10.5 Å². The van der Waals surface area contributed by atoms with Crippen molar-refractivity contribution < 1.29 is 18.2 Å². The first-order valence-electron chi connectivity index (χ1n) is 8.22. The molecular formula is C17H26N2O2S+2. The summed E-state index contributed by atoms with van der Waals surface area (Å²) >= 11 is 0. The van der Waals surface area contributed by atoms with Crippen LogP contribution in [0.3, 0.4) is 0 Å². The summed E-state index contributed by atoms with van der Waals surface area (Å²) in [7, 11) is -2.74. The van der Waals surface area contributed by atoms with Gasteiger partial charge in [-0.1, -0.05) is 36.4 Å². The first-order valence-corrected chi connectivity index (χ1v) is 10.0. The van der Waals surface area contributed by atoms with Crippen LogP contribution in [0.4, 0.5) is 0 Å². The molecule has 0 aliphatic carbocycles. The number of benzene rings is 1. The normalized spacial score (nSPS) is 31.5. The molecule has 4 nitrogen and oxygen atoms in total. The lowest BCUT2D eigenvalue weighted by Crippen LogP contribution is -3.29. The number of piperazine rings is 1. The van der Waals surface area contributed by atoms with Gasteiger partial charge in [-0.2, -0.15) is 0 Å². The van der Waals surface area contributed by atoms with E-state index >= 15 is 0 Å². The molecule has 0 spiro atoms. The van der Waals surface area contributed by atoms with E-state index in [0.29, 0.717) is 17.5 Å². The maximum atomic E-state index is 11.6. The van der Waals surface area contributed by atoms with E-state index in [4.69, 9.17) is 0 Å². The second kappa shape index (κ2) is 6.94. The maximum Gasteiger partial charge on any atom is 0.156 e. The molecule has 1 aromatic carbocycles. The standard InChI is InChI=1S/C17H24N2O2S/c20-22(21)14-8-17(15-22)19-12-10-18(11-13-19)9-4-7-16-5-2-1-3-6-16/h1-7,17H,8-15H2/p+2/b7-4+/t17-/m0/s1. The lowest BCUT2D eigenvalue weighted by molar-refractivity contribution is -1.02. The molecule has 0 bridgehead atoms. The van der Waals surface area contributed by atoms with Gasteiger partial charge in [0.2, 0.25) is 0 Å². The Bertz CT molecular complexity index is 605. The molecule has 2 heterocycles. The van der Waals surface area contributed by atoms with Crippen molar-refractivity contribution in [3.63, 3.8) is 0 Å². The Balaban J connectivity index is 1.43. The van der Waals surface area contributed by atoms with Crippen molar-refractivity contribution in [1.29, 1.82) is 0 Å². The van der Waals surface area contributed by atoms with E-state index in [-0.39, 0.29) is 0 Å². The van der Waals surface area contributed by atoms with Gasteiger partial charge in [-0.05, 0) is 11.6 Å². The summed E-state index contributed by atoms with van der Waals surface area (Å²) < 4.78 is 23.2. The Morgan fingerprint density at radius 2 is 1.82 bits per heavy atom. The molecular weight excluding hydrogens is 296 g/mol. The summed E-state index contributed by atoms with van der Waals surface area (Å²) in [4.78, 5) is 3.12. The minimum atomic E-state index is -2.74. The highest BCUT2D eigenvalue weighted by atomic mass is 32.2. The number of quaternary nitrogens is 2. The van der Waals surface area contributed by atoms with Gasteiger partial charge in [0.1, 0.15) is 38.0 Å². The van der Waals surface area contributed by atoms with E-state index in [1.807, 2.05) is 6.07 Å². The summed E-state index contributed by atoms with van der Waals surface area (Å²) in [6, 6.07) is 10.7. The van der Waals surface area contributed by atoms with Gasteiger partial charge in [-0.15, -0.1) is 0 Å². The van der Waals surface area contributed by atoms with Gasteiger partial charge in [0, 0.05) is 6.42 Å².